The van der Waals surface area contributed by atoms with Crippen molar-refractivity contribution in [1.29, 1.82) is 0 Å². The number of benzene rings is 2. The Morgan fingerprint density at radius 1 is 1.07 bits per heavy atom. The van der Waals surface area contributed by atoms with E-state index >= 15 is 0 Å². The number of piperidine rings is 1. The fraction of sp³-hybridized carbons (Fsp3) is 0.458. The Bertz CT molecular complexity index is 720. The van der Waals surface area contributed by atoms with Crippen molar-refractivity contribution in [2.75, 3.05) is 26.2 Å². The summed E-state index contributed by atoms with van der Waals surface area (Å²) in [4.78, 5) is 14.6. The van der Waals surface area contributed by atoms with Crippen molar-refractivity contribution in [1.82, 2.24) is 10.2 Å². The third-order valence-corrected chi connectivity index (χ3v) is 5.46. The summed E-state index contributed by atoms with van der Waals surface area (Å²) in [6.07, 6.45) is 2.26. The van der Waals surface area contributed by atoms with Crippen LogP contribution >= 0.6 is 0 Å². The predicted octanol–water partition coefficient (Wildman–Crippen LogP) is 4.22. The molecule has 0 aromatic heterocycles. The lowest BCUT2D eigenvalue weighted by molar-refractivity contribution is -0.123. The molecule has 1 saturated heterocycles. The van der Waals surface area contributed by atoms with Crippen LogP contribution in [0.1, 0.15) is 43.7 Å². The van der Waals surface area contributed by atoms with Gasteiger partial charge in [0, 0.05) is 13.1 Å². The second-order valence-electron chi connectivity index (χ2n) is 8.02. The monoisotopic (exact) mass is 380 g/mol. The largest absolute Gasteiger partial charge is 0.484 e. The van der Waals surface area contributed by atoms with Crippen molar-refractivity contribution in [3.05, 3.63) is 65.7 Å². The fourth-order valence-electron chi connectivity index (χ4n) is 3.60. The predicted molar refractivity (Wildman–Crippen MR) is 113 cm³/mol. The topological polar surface area (TPSA) is 41.6 Å². The number of likely N-dealkylation sites (tertiary alicyclic amines) is 1. The van der Waals surface area contributed by atoms with Gasteiger partial charge < -0.3 is 10.1 Å². The van der Waals surface area contributed by atoms with Crippen LogP contribution in [0.15, 0.2) is 54.6 Å². The fourth-order valence-corrected chi connectivity index (χ4v) is 3.60. The third kappa shape index (κ3) is 6.38. The highest BCUT2D eigenvalue weighted by Crippen LogP contribution is 2.19. The third-order valence-electron chi connectivity index (χ3n) is 5.46. The highest BCUT2D eigenvalue weighted by Gasteiger charge is 2.19. The molecule has 0 bridgehead atoms. The normalized spacial score (nSPS) is 15.5. The number of carbonyl (C=O) groups is 1. The maximum absolute atomic E-state index is 12.1. The molecule has 0 radical (unpaired) electrons. The number of nitrogens with zero attached hydrogens (tertiary/aromatic N) is 1. The van der Waals surface area contributed by atoms with Gasteiger partial charge in [-0.2, -0.15) is 0 Å². The quantitative estimate of drug-likeness (QED) is 0.746. The molecular formula is C24H32N2O2. The van der Waals surface area contributed by atoms with E-state index in [0.29, 0.717) is 11.8 Å². The number of nitrogens with one attached hydrogen (secondary N) is 1. The molecule has 1 amide bonds. The molecule has 0 saturated carbocycles. The zero-order chi connectivity index (χ0) is 19.8. The van der Waals surface area contributed by atoms with Crippen LogP contribution < -0.4 is 10.1 Å². The Hall–Kier alpha value is -2.33. The van der Waals surface area contributed by atoms with E-state index in [1.54, 1.807) is 0 Å². The Labute approximate surface area is 168 Å². The maximum atomic E-state index is 12.1. The molecule has 1 N–H and O–H groups in total. The van der Waals surface area contributed by atoms with E-state index in [9.17, 15) is 4.79 Å². The van der Waals surface area contributed by atoms with Gasteiger partial charge in [-0.1, -0.05) is 56.3 Å². The molecule has 28 heavy (non-hydrogen) atoms. The van der Waals surface area contributed by atoms with Gasteiger partial charge in [0.1, 0.15) is 5.75 Å². The van der Waals surface area contributed by atoms with Crippen LogP contribution in [0.3, 0.4) is 0 Å². The summed E-state index contributed by atoms with van der Waals surface area (Å²) in [6, 6.07) is 18.6. The Morgan fingerprint density at radius 2 is 1.75 bits per heavy atom. The van der Waals surface area contributed by atoms with Gasteiger partial charge in [0.2, 0.25) is 0 Å². The summed E-state index contributed by atoms with van der Waals surface area (Å²) in [7, 11) is 0. The average molecular weight is 381 g/mol. The van der Waals surface area contributed by atoms with E-state index in [1.807, 2.05) is 12.1 Å². The summed E-state index contributed by atoms with van der Waals surface area (Å²) < 4.78 is 5.61. The summed E-state index contributed by atoms with van der Waals surface area (Å²) >= 11 is 0. The molecule has 1 heterocycles. The highest BCUT2D eigenvalue weighted by molar-refractivity contribution is 5.77. The molecule has 2 aromatic carbocycles. The van der Waals surface area contributed by atoms with Crippen molar-refractivity contribution in [3.8, 4) is 5.75 Å². The Balaban J connectivity index is 1.32. The minimum absolute atomic E-state index is 0.0420. The first-order valence-corrected chi connectivity index (χ1v) is 10.4. The van der Waals surface area contributed by atoms with Crippen molar-refractivity contribution < 1.29 is 9.53 Å². The van der Waals surface area contributed by atoms with E-state index in [2.05, 4.69) is 66.5 Å². The number of amides is 1. The van der Waals surface area contributed by atoms with Crippen LogP contribution in [0, 0.1) is 5.92 Å². The summed E-state index contributed by atoms with van der Waals surface area (Å²) in [5, 5.41) is 3.03. The van der Waals surface area contributed by atoms with E-state index in [0.717, 1.165) is 44.8 Å². The van der Waals surface area contributed by atoms with Crippen LogP contribution in [-0.4, -0.2) is 37.0 Å². The van der Waals surface area contributed by atoms with Gasteiger partial charge in [-0.05, 0) is 61.0 Å². The van der Waals surface area contributed by atoms with Crippen molar-refractivity contribution in [3.63, 3.8) is 0 Å². The molecule has 0 atom stereocenters. The zero-order valence-corrected chi connectivity index (χ0v) is 17.1. The lowest BCUT2D eigenvalue weighted by Crippen LogP contribution is -2.39. The van der Waals surface area contributed by atoms with Crippen LogP contribution in [0.25, 0.3) is 0 Å². The summed E-state index contributed by atoms with van der Waals surface area (Å²) in [5.41, 5.74) is 2.64. The molecule has 150 valence electrons. The summed E-state index contributed by atoms with van der Waals surface area (Å²) in [6.45, 7) is 8.35. The SMILES string of the molecule is CC(C)c1ccc(OCC(=O)NCC2CCN(Cc3ccccc3)CC2)cc1. The first-order valence-electron chi connectivity index (χ1n) is 10.4. The highest BCUT2D eigenvalue weighted by atomic mass is 16.5. The number of hydrogen-bond donors (Lipinski definition) is 1. The van der Waals surface area contributed by atoms with Crippen LogP contribution in [0.2, 0.25) is 0 Å². The first-order chi connectivity index (χ1) is 13.6. The van der Waals surface area contributed by atoms with Gasteiger partial charge in [-0.3, -0.25) is 9.69 Å². The van der Waals surface area contributed by atoms with Gasteiger partial charge >= 0.3 is 0 Å². The molecule has 4 heteroatoms. The molecule has 0 aliphatic carbocycles. The lowest BCUT2D eigenvalue weighted by Gasteiger charge is -2.32. The summed E-state index contributed by atoms with van der Waals surface area (Å²) in [5.74, 6) is 1.76. The number of ether oxygens (including phenoxy) is 1. The van der Waals surface area contributed by atoms with Gasteiger partial charge in [-0.15, -0.1) is 0 Å². The van der Waals surface area contributed by atoms with E-state index in [1.165, 1.54) is 11.1 Å². The van der Waals surface area contributed by atoms with Gasteiger partial charge in [0.15, 0.2) is 6.61 Å². The Kier molecular flexibility index (Phi) is 7.49. The second kappa shape index (κ2) is 10.3. The van der Waals surface area contributed by atoms with E-state index < -0.39 is 0 Å². The van der Waals surface area contributed by atoms with E-state index in [4.69, 9.17) is 4.74 Å². The standard InChI is InChI=1S/C24H32N2O2/c1-19(2)22-8-10-23(11-9-22)28-18-24(27)25-16-20-12-14-26(15-13-20)17-21-6-4-3-5-7-21/h3-11,19-20H,12-18H2,1-2H3,(H,25,27). The first kappa shape index (κ1) is 20.4. The lowest BCUT2D eigenvalue weighted by atomic mass is 9.96. The number of rotatable bonds is 8. The van der Waals surface area contributed by atoms with Gasteiger partial charge in [-0.25, -0.2) is 0 Å². The van der Waals surface area contributed by atoms with Crippen molar-refractivity contribution in [2.45, 2.75) is 39.2 Å². The van der Waals surface area contributed by atoms with Crippen LogP contribution in [0.4, 0.5) is 0 Å². The molecule has 1 aliphatic heterocycles. The van der Waals surface area contributed by atoms with Crippen molar-refractivity contribution >= 4 is 5.91 Å². The molecule has 3 rings (SSSR count). The average Bonchev–Trinajstić information content (AvgIpc) is 2.73. The molecular weight excluding hydrogens is 348 g/mol. The molecule has 1 fully saturated rings. The van der Waals surface area contributed by atoms with Gasteiger partial charge in [0.25, 0.3) is 5.91 Å². The molecule has 4 nitrogen and oxygen atoms in total. The molecule has 1 aliphatic rings. The van der Waals surface area contributed by atoms with Crippen LogP contribution in [-0.2, 0) is 11.3 Å². The minimum atomic E-state index is -0.0420. The zero-order valence-electron chi connectivity index (χ0n) is 17.1. The second-order valence-corrected chi connectivity index (χ2v) is 8.02. The maximum Gasteiger partial charge on any atom is 0.257 e. The van der Waals surface area contributed by atoms with Gasteiger partial charge in [0.05, 0.1) is 0 Å². The van der Waals surface area contributed by atoms with Crippen molar-refractivity contribution in [2.24, 2.45) is 5.92 Å². The number of hydrogen-bond acceptors (Lipinski definition) is 3. The minimum Gasteiger partial charge on any atom is -0.484 e. The molecule has 0 unspecified atom stereocenters. The number of carbonyl (C=O) groups excluding carboxylic acids is 1. The smallest absolute Gasteiger partial charge is 0.257 e. The van der Waals surface area contributed by atoms with E-state index in [-0.39, 0.29) is 12.5 Å². The molecule has 0 spiro atoms. The van der Waals surface area contributed by atoms with Crippen LogP contribution in [0.5, 0.6) is 5.75 Å². The Morgan fingerprint density at radius 3 is 2.39 bits per heavy atom. The molecule has 2 aromatic rings.